The van der Waals surface area contributed by atoms with Crippen molar-refractivity contribution in [2.45, 2.75) is 19.3 Å². The van der Waals surface area contributed by atoms with Crippen LogP contribution in [0.3, 0.4) is 0 Å². The molecule has 0 saturated carbocycles. The molecule has 0 spiro atoms. The summed E-state index contributed by atoms with van der Waals surface area (Å²) in [6.07, 6.45) is 1.65. The van der Waals surface area contributed by atoms with Crippen LogP contribution in [0.2, 0.25) is 0 Å². The first-order chi connectivity index (χ1) is 12.6. The molecule has 2 N–H and O–H groups in total. The maximum Gasteiger partial charge on any atom is 0.243 e. The summed E-state index contributed by atoms with van der Waals surface area (Å²) < 4.78 is 0. The lowest BCUT2D eigenvalue weighted by Gasteiger charge is -2.16. The van der Waals surface area contributed by atoms with Crippen molar-refractivity contribution in [2.24, 2.45) is 0 Å². The van der Waals surface area contributed by atoms with Crippen LogP contribution in [0.15, 0.2) is 54.6 Å². The minimum atomic E-state index is -0.309. The van der Waals surface area contributed by atoms with Crippen molar-refractivity contribution in [1.82, 2.24) is 5.32 Å². The van der Waals surface area contributed by atoms with E-state index in [0.29, 0.717) is 18.7 Å². The highest BCUT2D eigenvalue weighted by molar-refractivity contribution is 5.98. The Bertz CT molecular complexity index is 805. The van der Waals surface area contributed by atoms with Gasteiger partial charge in [-0.3, -0.25) is 14.4 Å². The lowest BCUT2D eigenvalue weighted by Crippen LogP contribution is -2.33. The van der Waals surface area contributed by atoms with Gasteiger partial charge < -0.3 is 15.5 Å². The highest BCUT2D eigenvalue weighted by atomic mass is 16.2. The van der Waals surface area contributed by atoms with Gasteiger partial charge in [0.1, 0.15) is 0 Å². The third kappa shape index (κ3) is 4.69. The number of carbonyl (C=O) groups excluding carboxylic acids is 3. The molecule has 0 atom stereocenters. The number of hydrogen-bond donors (Lipinski definition) is 2. The van der Waals surface area contributed by atoms with Crippen molar-refractivity contribution >= 4 is 29.1 Å². The van der Waals surface area contributed by atoms with E-state index in [9.17, 15) is 14.4 Å². The predicted molar refractivity (Wildman–Crippen MR) is 99.8 cm³/mol. The third-order valence-electron chi connectivity index (χ3n) is 4.17. The van der Waals surface area contributed by atoms with Crippen LogP contribution in [0, 0.1) is 0 Å². The summed E-state index contributed by atoms with van der Waals surface area (Å²) >= 11 is 0. The largest absolute Gasteiger partial charge is 0.347 e. The number of anilines is 2. The van der Waals surface area contributed by atoms with Gasteiger partial charge in [0.25, 0.3) is 0 Å². The Morgan fingerprint density at radius 2 is 1.81 bits per heavy atom. The number of hydrogen-bond acceptors (Lipinski definition) is 3. The summed E-state index contributed by atoms with van der Waals surface area (Å²) in [6.45, 7) is 0.602. The molecule has 0 unspecified atom stereocenters. The van der Waals surface area contributed by atoms with E-state index in [-0.39, 0.29) is 30.7 Å². The van der Waals surface area contributed by atoms with Crippen LogP contribution in [0.1, 0.15) is 18.4 Å². The third-order valence-corrected chi connectivity index (χ3v) is 4.17. The molecule has 134 valence electrons. The van der Waals surface area contributed by atoms with Crippen molar-refractivity contribution in [3.63, 3.8) is 0 Å². The zero-order chi connectivity index (χ0) is 18.4. The summed E-state index contributed by atoms with van der Waals surface area (Å²) in [5.74, 6) is -0.416. The van der Waals surface area contributed by atoms with Crippen LogP contribution in [-0.4, -0.2) is 30.8 Å². The van der Waals surface area contributed by atoms with Crippen LogP contribution < -0.4 is 15.5 Å². The molecule has 0 aromatic heterocycles. The highest BCUT2D eigenvalue weighted by Crippen LogP contribution is 2.24. The lowest BCUT2D eigenvalue weighted by molar-refractivity contribution is -0.123. The second-order valence-corrected chi connectivity index (χ2v) is 6.19. The van der Waals surface area contributed by atoms with E-state index in [1.165, 1.54) is 0 Å². The van der Waals surface area contributed by atoms with Gasteiger partial charge in [-0.1, -0.05) is 36.4 Å². The Kier molecular flexibility index (Phi) is 5.63. The Labute approximate surface area is 152 Å². The molecular weight excluding hydrogens is 330 g/mol. The van der Waals surface area contributed by atoms with E-state index in [2.05, 4.69) is 10.6 Å². The molecule has 1 fully saturated rings. The fourth-order valence-corrected chi connectivity index (χ4v) is 2.90. The molecule has 0 radical (unpaired) electrons. The number of carbonyl (C=O) groups is 3. The lowest BCUT2D eigenvalue weighted by atomic mass is 10.1. The van der Waals surface area contributed by atoms with Crippen LogP contribution in [-0.2, 0) is 20.8 Å². The molecular formula is C20H21N3O3. The number of amides is 3. The molecule has 0 bridgehead atoms. The number of nitrogens with zero attached hydrogens (tertiary/aromatic N) is 1. The fraction of sp³-hybridized carbons (Fsp3) is 0.250. The van der Waals surface area contributed by atoms with Gasteiger partial charge in [-0.2, -0.15) is 0 Å². The first-order valence-electron chi connectivity index (χ1n) is 8.63. The number of benzene rings is 2. The molecule has 0 aliphatic carbocycles. The van der Waals surface area contributed by atoms with E-state index >= 15 is 0 Å². The average molecular weight is 351 g/mol. The summed E-state index contributed by atoms with van der Waals surface area (Å²) in [6, 6.07) is 16.5. The van der Waals surface area contributed by atoms with Crippen LogP contribution in [0.5, 0.6) is 0 Å². The molecule has 6 heteroatoms. The normalized spacial score (nSPS) is 13.5. The predicted octanol–water partition coefficient (Wildman–Crippen LogP) is 2.11. The molecule has 1 aliphatic rings. The van der Waals surface area contributed by atoms with E-state index in [1.54, 1.807) is 23.1 Å². The Morgan fingerprint density at radius 1 is 1.00 bits per heavy atom. The number of nitrogens with one attached hydrogen (secondary N) is 2. The first-order valence-corrected chi connectivity index (χ1v) is 8.63. The van der Waals surface area contributed by atoms with Crippen LogP contribution >= 0.6 is 0 Å². The zero-order valence-electron chi connectivity index (χ0n) is 14.4. The van der Waals surface area contributed by atoms with Gasteiger partial charge in [-0.25, -0.2) is 0 Å². The van der Waals surface area contributed by atoms with Gasteiger partial charge in [0.15, 0.2) is 0 Å². The summed E-state index contributed by atoms with van der Waals surface area (Å²) in [4.78, 5) is 37.5. The van der Waals surface area contributed by atoms with E-state index in [0.717, 1.165) is 17.7 Å². The highest BCUT2D eigenvalue weighted by Gasteiger charge is 2.21. The Balaban J connectivity index is 1.50. The summed E-state index contributed by atoms with van der Waals surface area (Å²) in [5.41, 5.74) is 2.27. The van der Waals surface area contributed by atoms with Gasteiger partial charge in [0.2, 0.25) is 17.7 Å². The van der Waals surface area contributed by atoms with E-state index in [1.807, 2.05) is 36.4 Å². The standard InChI is InChI=1S/C20H21N3O3/c24-18(12-15-6-2-1-3-7-15)21-14-19(25)22-16-8-4-9-17(13-16)23-11-5-10-20(23)26/h1-4,6-9,13H,5,10-12,14H2,(H,21,24)(H,22,25). The monoisotopic (exact) mass is 351 g/mol. The van der Waals surface area contributed by atoms with Crippen molar-refractivity contribution in [1.29, 1.82) is 0 Å². The van der Waals surface area contributed by atoms with Crippen molar-refractivity contribution in [2.75, 3.05) is 23.3 Å². The van der Waals surface area contributed by atoms with Gasteiger partial charge in [0.05, 0.1) is 13.0 Å². The zero-order valence-corrected chi connectivity index (χ0v) is 14.4. The average Bonchev–Trinajstić information content (AvgIpc) is 3.07. The van der Waals surface area contributed by atoms with Crippen LogP contribution in [0.25, 0.3) is 0 Å². The molecule has 26 heavy (non-hydrogen) atoms. The number of rotatable bonds is 6. The van der Waals surface area contributed by atoms with Gasteiger partial charge >= 0.3 is 0 Å². The Hall–Kier alpha value is -3.15. The molecule has 1 saturated heterocycles. The molecule has 1 heterocycles. The fourth-order valence-electron chi connectivity index (χ4n) is 2.90. The molecule has 2 aromatic rings. The maximum atomic E-state index is 12.1. The van der Waals surface area contributed by atoms with Crippen LogP contribution in [0.4, 0.5) is 11.4 Å². The van der Waals surface area contributed by atoms with E-state index < -0.39 is 0 Å². The quantitative estimate of drug-likeness (QED) is 0.837. The van der Waals surface area contributed by atoms with Gasteiger partial charge in [-0.05, 0) is 30.2 Å². The topological polar surface area (TPSA) is 78.5 Å². The molecule has 1 aliphatic heterocycles. The van der Waals surface area contributed by atoms with Crippen molar-refractivity contribution in [3.05, 3.63) is 60.2 Å². The Morgan fingerprint density at radius 3 is 2.54 bits per heavy atom. The van der Waals surface area contributed by atoms with Gasteiger partial charge in [0, 0.05) is 24.3 Å². The SMILES string of the molecule is O=C(Cc1ccccc1)NCC(=O)Nc1cccc(N2CCCC2=O)c1. The second kappa shape index (κ2) is 8.29. The molecule has 2 aromatic carbocycles. The molecule has 3 amide bonds. The summed E-state index contributed by atoms with van der Waals surface area (Å²) in [7, 11) is 0. The minimum absolute atomic E-state index is 0.0987. The minimum Gasteiger partial charge on any atom is -0.347 e. The van der Waals surface area contributed by atoms with Gasteiger partial charge in [-0.15, -0.1) is 0 Å². The first kappa shape index (κ1) is 17.7. The second-order valence-electron chi connectivity index (χ2n) is 6.19. The van der Waals surface area contributed by atoms with Crippen molar-refractivity contribution in [3.8, 4) is 0 Å². The van der Waals surface area contributed by atoms with Crippen molar-refractivity contribution < 1.29 is 14.4 Å². The molecule has 6 nitrogen and oxygen atoms in total. The maximum absolute atomic E-state index is 12.1. The molecule has 3 rings (SSSR count). The summed E-state index contributed by atoms with van der Waals surface area (Å²) in [5, 5.41) is 5.36. The van der Waals surface area contributed by atoms with E-state index in [4.69, 9.17) is 0 Å². The smallest absolute Gasteiger partial charge is 0.243 e.